The standard InChI is InChI=1S/C18H22N2O2/c1-2-3-4-5-6-7-8-12-16(21)18-20-14-17(22-18)15-11-9-10-13-19-15/h2,9-11,13-14H,1,3-8,12H2. The summed E-state index contributed by atoms with van der Waals surface area (Å²) in [6.07, 6.45) is 12.3. The van der Waals surface area contributed by atoms with Gasteiger partial charge in [0.2, 0.25) is 5.78 Å². The molecule has 0 amide bonds. The molecule has 0 N–H and O–H groups in total. The number of carbonyl (C=O) groups is 1. The Bertz CT molecular complexity index is 590. The molecule has 0 fully saturated rings. The Morgan fingerprint density at radius 1 is 1.14 bits per heavy atom. The summed E-state index contributed by atoms with van der Waals surface area (Å²) in [5, 5.41) is 0. The highest BCUT2D eigenvalue weighted by molar-refractivity contribution is 5.91. The van der Waals surface area contributed by atoms with Gasteiger partial charge >= 0.3 is 0 Å². The number of aromatic nitrogens is 2. The Morgan fingerprint density at radius 2 is 1.95 bits per heavy atom. The van der Waals surface area contributed by atoms with E-state index in [2.05, 4.69) is 16.5 Å². The van der Waals surface area contributed by atoms with Gasteiger partial charge < -0.3 is 4.42 Å². The molecule has 0 spiro atoms. The Balaban J connectivity index is 1.74. The zero-order valence-electron chi connectivity index (χ0n) is 12.8. The molecule has 0 aliphatic carbocycles. The smallest absolute Gasteiger partial charge is 0.263 e. The number of pyridine rings is 1. The van der Waals surface area contributed by atoms with Crippen LogP contribution in [0.4, 0.5) is 0 Å². The van der Waals surface area contributed by atoms with E-state index >= 15 is 0 Å². The third-order valence-corrected chi connectivity index (χ3v) is 3.47. The summed E-state index contributed by atoms with van der Waals surface area (Å²) in [5.74, 6) is 0.689. The van der Waals surface area contributed by atoms with E-state index in [4.69, 9.17) is 4.42 Å². The van der Waals surface area contributed by atoms with Gasteiger partial charge in [-0.05, 0) is 31.4 Å². The lowest BCUT2D eigenvalue weighted by molar-refractivity contribution is 0.0946. The maximum Gasteiger partial charge on any atom is 0.263 e. The van der Waals surface area contributed by atoms with Crippen molar-refractivity contribution in [2.45, 2.75) is 44.9 Å². The van der Waals surface area contributed by atoms with Crippen molar-refractivity contribution >= 4 is 5.78 Å². The van der Waals surface area contributed by atoms with Crippen LogP contribution in [0, 0.1) is 0 Å². The molecule has 2 aromatic heterocycles. The molecule has 0 saturated carbocycles. The van der Waals surface area contributed by atoms with Gasteiger partial charge in [0, 0.05) is 12.6 Å². The van der Waals surface area contributed by atoms with Crippen molar-refractivity contribution < 1.29 is 9.21 Å². The van der Waals surface area contributed by atoms with Crippen molar-refractivity contribution in [3.8, 4) is 11.5 Å². The Hall–Kier alpha value is -2.23. The van der Waals surface area contributed by atoms with E-state index in [0.29, 0.717) is 17.9 Å². The van der Waals surface area contributed by atoms with Gasteiger partial charge in [0.15, 0.2) is 5.76 Å². The molecule has 0 aliphatic rings. The average Bonchev–Trinajstić information content (AvgIpc) is 3.05. The van der Waals surface area contributed by atoms with Crippen molar-refractivity contribution in [3.63, 3.8) is 0 Å². The fourth-order valence-electron chi connectivity index (χ4n) is 2.24. The van der Waals surface area contributed by atoms with Gasteiger partial charge in [-0.25, -0.2) is 4.98 Å². The molecular weight excluding hydrogens is 276 g/mol. The molecule has 4 nitrogen and oxygen atoms in total. The highest BCUT2D eigenvalue weighted by Crippen LogP contribution is 2.19. The normalized spacial score (nSPS) is 10.5. The lowest BCUT2D eigenvalue weighted by Gasteiger charge is -1.99. The van der Waals surface area contributed by atoms with Crippen molar-refractivity contribution in [1.29, 1.82) is 0 Å². The lowest BCUT2D eigenvalue weighted by atomic mass is 10.1. The van der Waals surface area contributed by atoms with Crippen LogP contribution in [0.15, 0.2) is 47.7 Å². The average molecular weight is 298 g/mol. The maximum atomic E-state index is 12.0. The number of hydrogen-bond acceptors (Lipinski definition) is 4. The molecule has 0 saturated heterocycles. The topological polar surface area (TPSA) is 56.0 Å². The summed E-state index contributed by atoms with van der Waals surface area (Å²) in [5.41, 5.74) is 0.691. The quantitative estimate of drug-likeness (QED) is 0.358. The zero-order chi connectivity index (χ0) is 15.6. The molecule has 2 rings (SSSR count). The number of hydrogen-bond donors (Lipinski definition) is 0. The fourth-order valence-corrected chi connectivity index (χ4v) is 2.24. The lowest BCUT2D eigenvalue weighted by Crippen LogP contribution is -1.98. The highest BCUT2D eigenvalue weighted by atomic mass is 16.4. The van der Waals surface area contributed by atoms with E-state index in [1.807, 2.05) is 24.3 Å². The molecule has 0 bridgehead atoms. The number of oxazole rings is 1. The molecule has 0 radical (unpaired) electrons. The summed E-state index contributed by atoms with van der Waals surface area (Å²) in [6.45, 7) is 3.71. The Labute approximate surface area is 131 Å². The minimum Gasteiger partial charge on any atom is -0.432 e. The van der Waals surface area contributed by atoms with Gasteiger partial charge in [-0.2, -0.15) is 0 Å². The Kier molecular flexibility index (Phi) is 6.55. The largest absolute Gasteiger partial charge is 0.432 e. The first kappa shape index (κ1) is 16.1. The summed E-state index contributed by atoms with van der Waals surface area (Å²) in [6, 6.07) is 5.54. The fraction of sp³-hybridized carbons (Fsp3) is 0.389. The van der Waals surface area contributed by atoms with Crippen molar-refractivity contribution in [2.75, 3.05) is 0 Å². The minimum absolute atomic E-state index is 0.0340. The third-order valence-electron chi connectivity index (χ3n) is 3.47. The first-order valence-electron chi connectivity index (χ1n) is 7.82. The molecule has 2 heterocycles. The van der Waals surface area contributed by atoms with Crippen molar-refractivity contribution in [3.05, 3.63) is 49.1 Å². The molecule has 4 heteroatoms. The van der Waals surface area contributed by atoms with Crippen LogP contribution in [-0.2, 0) is 0 Å². The second kappa shape index (κ2) is 8.93. The second-order valence-corrected chi connectivity index (χ2v) is 5.26. The molecule has 0 unspecified atom stereocenters. The van der Waals surface area contributed by atoms with Gasteiger partial charge in [0.05, 0.1) is 6.20 Å². The predicted octanol–water partition coefficient (Wildman–Crippen LogP) is 4.84. The first-order chi connectivity index (χ1) is 10.8. The van der Waals surface area contributed by atoms with E-state index in [0.717, 1.165) is 25.7 Å². The first-order valence-corrected chi connectivity index (χ1v) is 7.82. The summed E-state index contributed by atoms with van der Waals surface area (Å²) in [7, 11) is 0. The molecule has 0 atom stereocenters. The predicted molar refractivity (Wildman–Crippen MR) is 86.6 cm³/mol. The monoisotopic (exact) mass is 298 g/mol. The summed E-state index contributed by atoms with van der Waals surface area (Å²) >= 11 is 0. The van der Waals surface area contributed by atoms with Gasteiger partial charge in [-0.1, -0.05) is 31.4 Å². The van der Waals surface area contributed by atoms with Crippen LogP contribution in [-0.4, -0.2) is 15.8 Å². The molecular formula is C18H22N2O2. The number of Topliss-reactive ketones (excluding diaryl/α,β-unsaturated/α-hetero) is 1. The van der Waals surface area contributed by atoms with Gasteiger partial charge in [0.1, 0.15) is 5.69 Å². The summed E-state index contributed by atoms with van der Waals surface area (Å²) < 4.78 is 5.51. The van der Waals surface area contributed by atoms with E-state index in [1.165, 1.54) is 12.8 Å². The third kappa shape index (κ3) is 4.95. The van der Waals surface area contributed by atoms with Crippen molar-refractivity contribution in [2.24, 2.45) is 0 Å². The number of carbonyl (C=O) groups excluding carboxylic acids is 1. The van der Waals surface area contributed by atoms with Gasteiger partial charge in [-0.15, -0.1) is 6.58 Å². The molecule has 0 aliphatic heterocycles. The van der Waals surface area contributed by atoms with E-state index in [9.17, 15) is 4.79 Å². The number of ketones is 1. The van der Waals surface area contributed by atoms with Crippen LogP contribution in [0.5, 0.6) is 0 Å². The Morgan fingerprint density at radius 3 is 2.73 bits per heavy atom. The van der Waals surface area contributed by atoms with Crippen LogP contribution in [0.1, 0.15) is 55.6 Å². The van der Waals surface area contributed by atoms with Crippen LogP contribution in [0.2, 0.25) is 0 Å². The highest BCUT2D eigenvalue weighted by Gasteiger charge is 2.14. The maximum absolute atomic E-state index is 12.0. The van der Waals surface area contributed by atoms with E-state index in [1.54, 1.807) is 12.4 Å². The van der Waals surface area contributed by atoms with Crippen LogP contribution < -0.4 is 0 Å². The second-order valence-electron chi connectivity index (χ2n) is 5.26. The van der Waals surface area contributed by atoms with Crippen molar-refractivity contribution in [1.82, 2.24) is 9.97 Å². The van der Waals surface area contributed by atoms with Crippen LogP contribution in [0.3, 0.4) is 0 Å². The molecule has 22 heavy (non-hydrogen) atoms. The zero-order valence-corrected chi connectivity index (χ0v) is 12.8. The van der Waals surface area contributed by atoms with Gasteiger partial charge in [0.25, 0.3) is 5.89 Å². The number of nitrogens with zero attached hydrogens (tertiary/aromatic N) is 2. The van der Waals surface area contributed by atoms with E-state index in [-0.39, 0.29) is 11.7 Å². The van der Waals surface area contributed by atoms with Crippen LogP contribution in [0.25, 0.3) is 11.5 Å². The summed E-state index contributed by atoms with van der Waals surface area (Å²) in [4.78, 5) is 20.3. The molecule has 0 aromatic carbocycles. The number of rotatable bonds is 10. The van der Waals surface area contributed by atoms with Gasteiger partial charge in [-0.3, -0.25) is 9.78 Å². The molecule has 116 valence electrons. The minimum atomic E-state index is -0.0340. The van der Waals surface area contributed by atoms with Crippen LogP contribution >= 0.6 is 0 Å². The SMILES string of the molecule is C=CCCCCCCCC(=O)c1ncc(-c2ccccn2)o1. The number of unbranched alkanes of at least 4 members (excludes halogenated alkanes) is 5. The van der Waals surface area contributed by atoms with E-state index < -0.39 is 0 Å². The number of allylic oxidation sites excluding steroid dienone is 1. The molecule has 2 aromatic rings.